The van der Waals surface area contributed by atoms with Crippen LogP contribution >= 0.6 is 0 Å². The van der Waals surface area contributed by atoms with E-state index in [9.17, 15) is 4.79 Å². The molecular weight excluding hydrogens is 348 g/mol. The Morgan fingerprint density at radius 3 is 2.04 bits per heavy atom. The maximum atomic E-state index is 13.1. The Kier molecular flexibility index (Phi) is 7.57. The van der Waals surface area contributed by atoms with Gasteiger partial charge in [-0.1, -0.05) is 87.9 Å². The van der Waals surface area contributed by atoms with Gasteiger partial charge in [0.1, 0.15) is 0 Å². The zero-order valence-electron chi connectivity index (χ0n) is 17.5. The van der Waals surface area contributed by atoms with E-state index in [0.29, 0.717) is 0 Å². The molecule has 1 atom stereocenters. The monoisotopic (exact) mass is 382 g/mol. The van der Waals surface area contributed by atoms with Crippen molar-refractivity contribution in [3.63, 3.8) is 0 Å². The molecule has 2 nitrogen and oxygen atoms in total. The van der Waals surface area contributed by atoms with Crippen molar-refractivity contribution in [3.05, 3.63) is 71.8 Å². The normalized spacial score (nSPS) is 13.4. The van der Waals surface area contributed by atoms with E-state index in [1.54, 1.807) is 0 Å². The first kappa shape index (κ1) is 21.6. The number of rotatable bonds is 9. The highest BCUT2D eigenvalue weighted by Crippen LogP contribution is 2.36. The average molecular weight is 383 g/mol. The zero-order chi connectivity index (χ0) is 19.9. The van der Waals surface area contributed by atoms with E-state index in [-0.39, 0.29) is 16.7 Å². The molecule has 3 heteroatoms. The van der Waals surface area contributed by atoms with Gasteiger partial charge in [0.2, 0.25) is 0 Å². The lowest BCUT2D eigenvalue weighted by Crippen LogP contribution is -2.40. The SMILES string of the molecule is CC(C)(C)[Si](C)(C)OCCCC[C@@H](C(=O)c1ccccc1)c1ccccc1. The minimum Gasteiger partial charge on any atom is -0.417 e. The summed E-state index contributed by atoms with van der Waals surface area (Å²) in [6.45, 7) is 12.2. The van der Waals surface area contributed by atoms with Gasteiger partial charge in [-0.25, -0.2) is 0 Å². The van der Waals surface area contributed by atoms with Crippen molar-refractivity contribution in [3.8, 4) is 0 Å². The van der Waals surface area contributed by atoms with Gasteiger partial charge in [0.25, 0.3) is 0 Å². The Hall–Kier alpha value is -1.71. The van der Waals surface area contributed by atoms with Gasteiger partial charge in [-0.3, -0.25) is 4.79 Å². The number of Topliss-reactive ketones (excluding diaryl/α,β-unsaturated/α-hetero) is 1. The fourth-order valence-corrected chi connectivity index (χ4v) is 4.02. The van der Waals surface area contributed by atoms with Gasteiger partial charge in [-0.2, -0.15) is 0 Å². The van der Waals surface area contributed by atoms with Gasteiger partial charge < -0.3 is 4.43 Å². The summed E-state index contributed by atoms with van der Waals surface area (Å²) in [6.07, 6.45) is 2.85. The summed E-state index contributed by atoms with van der Waals surface area (Å²) < 4.78 is 6.28. The molecule has 0 aliphatic rings. The molecule has 2 aromatic carbocycles. The maximum absolute atomic E-state index is 13.1. The van der Waals surface area contributed by atoms with E-state index in [0.717, 1.165) is 37.0 Å². The lowest BCUT2D eigenvalue weighted by atomic mass is 9.86. The third-order valence-corrected chi connectivity index (χ3v) is 10.3. The largest absolute Gasteiger partial charge is 0.417 e. The average Bonchev–Trinajstić information content (AvgIpc) is 2.64. The van der Waals surface area contributed by atoms with E-state index >= 15 is 0 Å². The first-order chi connectivity index (χ1) is 12.7. The van der Waals surface area contributed by atoms with E-state index in [1.165, 1.54) is 0 Å². The number of benzene rings is 2. The predicted octanol–water partition coefficient (Wildman–Crippen LogP) is 6.85. The fraction of sp³-hybridized carbons (Fsp3) is 0.458. The third kappa shape index (κ3) is 6.15. The minimum absolute atomic E-state index is 0.0820. The summed E-state index contributed by atoms with van der Waals surface area (Å²) in [4.78, 5) is 13.1. The van der Waals surface area contributed by atoms with Crippen LogP contribution in [-0.4, -0.2) is 20.7 Å². The van der Waals surface area contributed by atoms with Crippen LogP contribution in [0.5, 0.6) is 0 Å². The third-order valence-electron chi connectivity index (χ3n) is 5.73. The van der Waals surface area contributed by atoms with E-state index in [4.69, 9.17) is 4.43 Å². The Balaban J connectivity index is 1.97. The molecule has 0 N–H and O–H groups in total. The van der Waals surface area contributed by atoms with Gasteiger partial charge in [0.05, 0.1) is 0 Å². The number of carbonyl (C=O) groups excluding carboxylic acids is 1. The zero-order valence-corrected chi connectivity index (χ0v) is 18.5. The summed E-state index contributed by atoms with van der Waals surface area (Å²) >= 11 is 0. The molecule has 2 rings (SSSR count). The second-order valence-electron chi connectivity index (χ2n) is 8.80. The van der Waals surface area contributed by atoms with Crippen LogP contribution in [0.1, 0.15) is 61.9 Å². The molecule has 0 aliphatic heterocycles. The first-order valence-corrected chi connectivity index (χ1v) is 12.9. The van der Waals surface area contributed by atoms with Crippen molar-refractivity contribution >= 4 is 14.1 Å². The molecule has 0 saturated carbocycles. The Morgan fingerprint density at radius 2 is 1.48 bits per heavy atom. The maximum Gasteiger partial charge on any atom is 0.191 e. The molecular formula is C24H34O2Si. The molecule has 0 radical (unpaired) electrons. The molecule has 0 aromatic heterocycles. The van der Waals surface area contributed by atoms with Crippen LogP contribution in [0.4, 0.5) is 0 Å². The van der Waals surface area contributed by atoms with Crippen LogP contribution < -0.4 is 0 Å². The number of ketones is 1. The standard InChI is InChI=1S/C24H34O2Si/c1-24(2,3)27(4,5)26-19-13-12-18-22(20-14-8-6-9-15-20)23(25)21-16-10-7-11-17-21/h6-11,14-17,22H,12-13,18-19H2,1-5H3/t22-/m1/s1. The highest BCUT2D eigenvalue weighted by atomic mass is 28.4. The number of hydrogen-bond donors (Lipinski definition) is 0. The molecule has 0 spiro atoms. The molecule has 2 aromatic rings. The first-order valence-electron chi connectivity index (χ1n) is 10.0. The summed E-state index contributed by atoms with van der Waals surface area (Å²) in [6, 6.07) is 19.8. The second-order valence-corrected chi connectivity index (χ2v) is 13.6. The summed E-state index contributed by atoms with van der Waals surface area (Å²) in [5.41, 5.74) is 1.90. The number of unbranched alkanes of at least 4 members (excludes halogenated alkanes) is 1. The molecule has 0 bridgehead atoms. The quantitative estimate of drug-likeness (QED) is 0.269. The van der Waals surface area contributed by atoms with Crippen LogP contribution in [-0.2, 0) is 4.43 Å². The van der Waals surface area contributed by atoms with Crippen LogP contribution in [0, 0.1) is 0 Å². The smallest absolute Gasteiger partial charge is 0.191 e. The van der Waals surface area contributed by atoms with Crippen LogP contribution in [0.3, 0.4) is 0 Å². The Labute approximate surface area is 166 Å². The lowest BCUT2D eigenvalue weighted by Gasteiger charge is -2.36. The Morgan fingerprint density at radius 1 is 0.926 bits per heavy atom. The molecule has 0 unspecified atom stereocenters. The van der Waals surface area contributed by atoms with Gasteiger partial charge in [-0.15, -0.1) is 0 Å². The van der Waals surface area contributed by atoms with Crippen molar-refractivity contribution in [2.75, 3.05) is 6.61 Å². The summed E-state index contributed by atoms with van der Waals surface area (Å²) in [5, 5.41) is 0.239. The van der Waals surface area contributed by atoms with Gasteiger partial charge in [-0.05, 0) is 36.5 Å². The molecule has 0 saturated heterocycles. The van der Waals surface area contributed by atoms with E-state index < -0.39 is 8.32 Å². The molecule has 146 valence electrons. The van der Waals surface area contributed by atoms with Crippen molar-refractivity contribution < 1.29 is 9.22 Å². The van der Waals surface area contributed by atoms with Gasteiger partial charge in [0, 0.05) is 18.1 Å². The topological polar surface area (TPSA) is 26.3 Å². The van der Waals surface area contributed by atoms with Crippen molar-refractivity contribution in [1.29, 1.82) is 0 Å². The van der Waals surface area contributed by atoms with E-state index in [1.807, 2.05) is 48.5 Å². The van der Waals surface area contributed by atoms with Crippen LogP contribution in [0.2, 0.25) is 18.1 Å². The fourth-order valence-electron chi connectivity index (χ4n) is 2.93. The molecule has 0 fully saturated rings. The number of carbonyl (C=O) groups is 1. The molecule has 27 heavy (non-hydrogen) atoms. The van der Waals surface area contributed by atoms with Gasteiger partial charge >= 0.3 is 0 Å². The second kappa shape index (κ2) is 9.47. The number of hydrogen-bond acceptors (Lipinski definition) is 2. The van der Waals surface area contributed by atoms with Gasteiger partial charge in [0.15, 0.2) is 14.1 Å². The Bertz CT molecular complexity index is 702. The highest BCUT2D eigenvalue weighted by molar-refractivity contribution is 6.74. The molecule has 0 heterocycles. The lowest BCUT2D eigenvalue weighted by molar-refractivity contribution is 0.0953. The van der Waals surface area contributed by atoms with Crippen molar-refractivity contribution in [2.45, 2.75) is 64.1 Å². The summed E-state index contributed by atoms with van der Waals surface area (Å²) in [5.74, 6) is 0.133. The summed E-state index contributed by atoms with van der Waals surface area (Å²) in [7, 11) is -1.69. The minimum atomic E-state index is -1.69. The highest BCUT2D eigenvalue weighted by Gasteiger charge is 2.36. The van der Waals surface area contributed by atoms with Crippen molar-refractivity contribution in [2.24, 2.45) is 0 Å². The van der Waals surface area contributed by atoms with Crippen LogP contribution in [0.25, 0.3) is 0 Å². The van der Waals surface area contributed by atoms with Crippen LogP contribution in [0.15, 0.2) is 60.7 Å². The van der Waals surface area contributed by atoms with Crippen molar-refractivity contribution in [1.82, 2.24) is 0 Å². The molecule has 0 amide bonds. The predicted molar refractivity (Wildman–Crippen MR) is 117 cm³/mol. The van der Waals surface area contributed by atoms with E-state index in [2.05, 4.69) is 46.0 Å². The molecule has 0 aliphatic carbocycles.